The number of nitrogens with two attached hydrogens (primary N) is 1. The van der Waals surface area contributed by atoms with Gasteiger partial charge in [0.2, 0.25) is 0 Å². The van der Waals surface area contributed by atoms with Crippen molar-refractivity contribution < 1.29 is 9.18 Å². The third-order valence-electron chi connectivity index (χ3n) is 6.76. The van der Waals surface area contributed by atoms with Crippen LogP contribution in [-0.2, 0) is 6.42 Å². The summed E-state index contributed by atoms with van der Waals surface area (Å²) in [6, 6.07) is 14.6. The molecule has 5 heteroatoms. The van der Waals surface area contributed by atoms with Gasteiger partial charge in [-0.2, -0.15) is 0 Å². The summed E-state index contributed by atoms with van der Waals surface area (Å²) >= 11 is 0. The summed E-state index contributed by atoms with van der Waals surface area (Å²) < 4.78 is 13.5. The first-order valence-electron chi connectivity index (χ1n) is 9.58. The predicted octanol–water partition coefficient (Wildman–Crippen LogP) is 3.46. The number of carbonyl (C=O) groups excluding carboxylic acids is 1. The average Bonchev–Trinajstić information content (AvgIpc) is 2.63. The highest BCUT2D eigenvalue weighted by Crippen LogP contribution is 2.62. The molecular formula is C22H24FN3O. The lowest BCUT2D eigenvalue weighted by molar-refractivity contribution is -0.136. The van der Waals surface area contributed by atoms with Crippen LogP contribution in [0.4, 0.5) is 9.18 Å². The minimum Gasteiger partial charge on any atom is -0.325 e. The monoisotopic (exact) mass is 365 g/mol. The van der Waals surface area contributed by atoms with E-state index in [0.29, 0.717) is 6.54 Å². The molecule has 2 bridgehead atoms. The lowest BCUT2D eigenvalue weighted by Crippen LogP contribution is -2.82. The smallest absolute Gasteiger partial charge is 0.321 e. The average molecular weight is 365 g/mol. The fourth-order valence-corrected chi connectivity index (χ4v) is 5.34. The van der Waals surface area contributed by atoms with Crippen molar-refractivity contribution in [3.05, 3.63) is 71.0 Å². The highest BCUT2D eigenvalue weighted by Gasteiger charge is 2.69. The second kappa shape index (κ2) is 5.55. The van der Waals surface area contributed by atoms with E-state index < -0.39 is 0 Å². The van der Waals surface area contributed by atoms with E-state index in [1.54, 1.807) is 12.1 Å². The number of rotatable bonds is 2. The molecule has 0 radical (unpaired) electrons. The molecule has 2 aromatic carbocycles. The predicted molar refractivity (Wildman–Crippen MR) is 102 cm³/mol. The number of nitrogens with zero attached hydrogens (tertiary/aromatic N) is 2. The van der Waals surface area contributed by atoms with Crippen LogP contribution in [0.3, 0.4) is 0 Å². The first-order chi connectivity index (χ1) is 12.9. The maximum Gasteiger partial charge on any atom is 0.321 e. The largest absolute Gasteiger partial charge is 0.325 e. The molecule has 1 aliphatic heterocycles. The Morgan fingerprint density at radius 2 is 1.81 bits per heavy atom. The molecule has 0 spiro atoms. The summed E-state index contributed by atoms with van der Waals surface area (Å²) in [6.07, 6.45) is 3.52. The number of halogens is 1. The van der Waals surface area contributed by atoms with E-state index in [9.17, 15) is 9.18 Å². The van der Waals surface area contributed by atoms with Crippen molar-refractivity contribution >= 4 is 6.03 Å². The topological polar surface area (TPSA) is 49.6 Å². The standard InChI is InChI=1S/C22H24FN3O/c1-25(22-12-21(24,13-22)14-22)20(27)26-11-10-15-4-2-3-5-18(15)19(26)16-6-8-17(23)9-7-16/h2-9,19H,10-14,24H2,1H3. The van der Waals surface area contributed by atoms with Crippen LogP contribution in [0.25, 0.3) is 0 Å². The van der Waals surface area contributed by atoms with E-state index in [-0.39, 0.29) is 29.0 Å². The number of hydrogen-bond donors (Lipinski definition) is 1. The van der Waals surface area contributed by atoms with Gasteiger partial charge in [-0.15, -0.1) is 0 Å². The molecule has 2 amide bonds. The van der Waals surface area contributed by atoms with Gasteiger partial charge in [0.15, 0.2) is 0 Å². The maximum atomic E-state index is 13.5. The normalized spacial score (nSPS) is 30.8. The van der Waals surface area contributed by atoms with E-state index in [4.69, 9.17) is 5.73 Å². The minimum absolute atomic E-state index is 0.0422. The minimum atomic E-state index is -0.264. The van der Waals surface area contributed by atoms with Crippen LogP contribution < -0.4 is 5.73 Å². The number of hydrogen-bond acceptors (Lipinski definition) is 2. The molecule has 1 unspecified atom stereocenters. The first kappa shape index (κ1) is 16.8. The summed E-state index contributed by atoms with van der Waals surface area (Å²) in [7, 11) is 1.91. The molecule has 3 saturated carbocycles. The molecule has 4 aliphatic rings. The van der Waals surface area contributed by atoms with Gasteiger partial charge in [-0.1, -0.05) is 36.4 Å². The molecule has 140 valence electrons. The van der Waals surface area contributed by atoms with Gasteiger partial charge in [0, 0.05) is 24.7 Å². The van der Waals surface area contributed by atoms with E-state index >= 15 is 0 Å². The number of amides is 2. The van der Waals surface area contributed by atoms with E-state index in [1.165, 1.54) is 17.7 Å². The third-order valence-corrected chi connectivity index (χ3v) is 6.76. The summed E-state index contributed by atoms with van der Waals surface area (Å²) in [4.78, 5) is 17.3. The Kier molecular flexibility index (Phi) is 3.44. The van der Waals surface area contributed by atoms with Crippen LogP contribution in [0.2, 0.25) is 0 Å². The van der Waals surface area contributed by atoms with Crippen molar-refractivity contribution in [2.75, 3.05) is 13.6 Å². The Hall–Kier alpha value is -2.40. The van der Waals surface area contributed by atoms with Crippen molar-refractivity contribution in [1.29, 1.82) is 0 Å². The highest BCUT2D eigenvalue weighted by molar-refractivity contribution is 5.78. The molecule has 0 aromatic heterocycles. The van der Waals surface area contributed by atoms with Crippen molar-refractivity contribution in [2.45, 2.75) is 42.8 Å². The third kappa shape index (κ3) is 2.41. The van der Waals surface area contributed by atoms with Gasteiger partial charge in [0.05, 0.1) is 6.04 Å². The molecule has 4 nitrogen and oxygen atoms in total. The molecule has 2 N–H and O–H groups in total. The van der Waals surface area contributed by atoms with Gasteiger partial charge in [0.1, 0.15) is 5.82 Å². The van der Waals surface area contributed by atoms with Gasteiger partial charge in [0.25, 0.3) is 0 Å². The summed E-state index contributed by atoms with van der Waals surface area (Å²) in [5.41, 5.74) is 9.42. The summed E-state index contributed by atoms with van der Waals surface area (Å²) in [5.74, 6) is -0.264. The van der Waals surface area contributed by atoms with E-state index in [1.807, 2.05) is 29.0 Å². The van der Waals surface area contributed by atoms with Crippen LogP contribution in [-0.4, -0.2) is 40.5 Å². The zero-order chi connectivity index (χ0) is 18.8. The number of fused-ring (bicyclic) bond motifs is 1. The fourth-order valence-electron chi connectivity index (χ4n) is 5.34. The van der Waals surface area contributed by atoms with Gasteiger partial charge in [-0.25, -0.2) is 9.18 Å². The quantitative estimate of drug-likeness (QED) is 0.886. The summed E-state index contributed by atoms with van der Waals surface area (Å²) in [6.45, 7) is 0.659. The highest BCUT2D eigenvalue weighted by atomic mass is 19.1. The molecular weight excluding hydrogens is 341 g/mol. The number of benzene rings is 2. The van der Waals surface area contributed by atoms with E-state index in [2.05, 4.69) is 12.1 Å². The molecule has 1 heterocycles. The number of urea groups is 1. The van der Waals surface area contributed by atoms with Crippen molar-refractivity contribution in [3.63, 3.8) is 0 Å². The van der Waals surface area contributed by atoms with Crippen LogP contribution in [0.5, 0.6) is 0 Å². The lowest BCUT2D eigenvalue weighted by atomic mass is 9.44. The zero-order valence-corrected chi connectivity index (χ0v) is 15.5. The zero-order valence-electron chi connectivity index (χ0n) is 15.5. The van der Waals surface area contributed by atoms with Crippen LogP contribution >= 0.6 is 0 Å². The maximum absolute atomic E-state index is 13.5. The molecule has 3 aliphatic carbocycles. The van der Waals surface area contributed by atoms with Gasteiger partial charge in [-0.05, 0) is 54.5 Å². The van der Waals surface area contributed by atoms with Gasteiger partial charge in [-0.3, -0.25) is 0 Å². The van der Waals surface area contributed by atoms with Crippen LogP contribution in [0, 0.1) is 5.82 Å². The Bertz CT molecular complexity index is 890. The van der Waals surface area contributed by atoms with Gasteiger partial charge < -0.3 is 15.5 Å². The molecule has 1 atom stereocenters. The van der Waals surface area contributed by atoms with E-state index in [0.717, 1.165) is 36.8 Å². The molecule has 27 heavy (non-hydrogen) atoms. The molecule has 3 fully saturated rings. The first-order valence-corrected chi connectivity index (χ1v) is 9.58. The Balaban J connectivity index is 1.50. The van der Waals surface area contributed by atoms with Gasteiger partial charge >= 0.3 is 6.03 Å². The molecule has 2 aromatic rings. The fraction of sp³-hybridized carbons (Fsp3) is 0.409. The van der Waals surface area contributed by atoms with Crippen molar-refractivity contribution in [3.8, 4) is 0 Å². The SMILES string of the molecule is CN(C(=O)N1CCc2ccccc2C1c1ccc(F)cc1)C12CC(N)(C1)C2. The van der Waals surface area contributed by atoms with Crippen LogP contribution in [0.15, 0.2) is 48.5 Å². The Morgan fingerprint density at radius 1 is 1.15 bits per heavy atom. The Labute approximate surface area is 158 Å². The van der Waals surface area contributed by atoms with Crippen molar-refractivity contribution in [2.24, 2.45) is 5.73 Å². The summed E-state index contributed by atoms with van der Waals surface area (Å²) in [5, 5.41) is 0. The Morgan fingerprint density at radius 3 is 2.48 bits per heavy atom. The lowest BCUT2D eigenvalue weighted by Gasteiger charge is -2.71. The second-order valence-corrected chi connectivity index (χ2v) is 8.55. The molecule has 0 saturated heterocycles. The van der Waals surface area contributed by atoms with Crippen LogP contribution in [0.1, 0.15) is 42.0 Å². The number of carbonyl (C=O) groups is 1. The second-order valence-electron chi connectivity index (χ2n) is 8.55. The molecule has 6 rings (SSSR count). The van der Waals surface area contributed by atoms with Crippen molar-refractivity contribution in [1.82, 2.24) is 9.80 Å².